The predicted molar refractivity (Wildman–Crippen MR) is 45.7 cm³/mol. The molecule has 1 unspecified atom stereocenters. The summed E-state index contributed by atoms with van der Waals surface area (Å²) in [5.74, 6) is 1.28. The molecule has 1 N–H and O–H groups in total. The van der Waals surface area contributed by atoms with Crippen molar-refractivity contribution in [3.8, 4) is 0 Å². The van der Waals surface area contributed by atoms with E-state index in [1.54, 1.807) is 0 Å². The summed E-state index contributed by atoms with van der Waals surface area (Å²) in [6.45, 7) is 4.20. The van der Waals surface area contributed by atoms with Crippen molar-refractivity contribution in [1.29, 1.82) is 0 Å². The van der Waals surface area contributed by atoms with Crippen LogP contribution in [0.3, 0.4) is 0 Å². The first kappa shape index (κ1) is 9.26. The molecule has 0 fully saturated rings. The Balaban J connectivity index is 2.61. The average Bonchev–Trinajstić information content (AvgIpc) is 2.52. The van der Waals surface area contributed by atoms with Gasteiger partial charge in [0.1, 0.15) is 11.5 Å². The van der Waals surface area contributed by atoms with E-state index in [2.05, 4.69) is 19.0 Å². The minimum Gasteiger partial charge on any atom is -0.390 e. The third kappa shape index (κ3) is 2.08. The zero-order chi connectivity index (χ0) is 8.97. The highest BCUT2D eigenvalue weighted by Gasteiger charge is 2.10. The van der Waals surface area contributed by atoms with E-state index in [-0.39, 0.29) is 6.61 Å². The van der Waals surface area contributed by atoms with Gasteiger partial charge in [0.2, 0.25) is 0 Å². The first-order chi connectivity index (χ1) is 5.77. The van der Waals surface area contributed by atoms with Gasteiger partial charge in [0.05, 0.1) is 6.61 Å². The smallest absolute Gasteiger partial charge is 0.139 e. The van der Waals surface area contributed by atoms with E-state index in [1.165, 1.54) is 0 Å². The molecule has 3 heteroatoms. The summed E-state index contributed by atoms with van der Waals surface area (Å²) in [6, 6.07) is 1.82. The standard InChI is InChI=1S/C9H15NO2/c1-3-4-7(2)9-5-8(6-11)10-12-9/h5,7,11H,3-4,6H2,1-2H3. The van der Waals surface area contributed by atoms with Crippen LogP contribution >= 0.6 is 0 Å². The van der Waals surface area contributed by atoms with Crippen molar-refractivity contribution in [3.63, 3.8) is 0 Å². The van der Waals surface area contributed by atoms with Crippen LogP contribution in [0, 0.1) is 0 Å². The van der Waals surface area contributed by atoms with Crippen LogP contribution in [0.1, 0.15) is 44.1 Å². The van der Waals surface area contributed by atoms with Gasteiger partial charge < -0.3 is 9.63 Å². The van der Waals surface area contributed by atoms with Gasteiger partial charge in [0, 0.05) is 12.0 Å². The van der Waals surface area contributed by atoms with Crippen molar-refractivity contribution >= 4 is 0 Å². The third-order valence-electron chi connectivity index (χ3n) is 1.95. The van der Waals surface area contributed by atoms with E-state index in [1.807, 2.05) is 6.07 Å². The molecule has 1 aromatic rings. The molecule has 0 aromatic carbocycles. The topological polar surface area (TPSA) is 46.3 Å². The van der Waals surface area contributed by atoms with E-state index < -0.39 is 0 Å². The largest absolute Gasteiger partial charge is 0.390 e. The van der Waals surface area contributed by atoms with Crippen LogP contribution in [0.15, 0.2) is 10.6 Å². The van der Waals surface area contributed by atoms with Crippen LogP contribution in [-0.2, 0) is 6.61 Å². The van der Waals surface area contributed by atoms with Crippen LogP contribution < -0.4 is 0 Å². The molecule has 1 heterocycles. The summed E-state index contributed by atoms with van der Waals surface area (Å²) in [5.41, 5.74) is 0.618. The molecule has 1 aromatic heterocycles. The molecule has 0 bridgehead atoms. The van der Waals surface area contributed by atoms with Gasteiger partial charge in [-0.15, -0.1) is 0 Å². The zero-order valence-electron chi connectivity index (χ0n) is 7.58. The molecule has 68 valence electrons. The van der Waals surface area contributed by atoms with Crippen LogP contribution in [0.4, 0.5) is 0 Å². The number of aromatic nitrogens is 1. The Morgan fingerprint density at radius 1 is 1.67 bits per heavy atom. The molecular formula is C9H15NO2. The fourth-order valence-electron chi connectivity index (χ4n) is 1.21. The molecule has 0 aliphatic carbocycles. The summed E-state index contributed by atoms with van der Waals surface area (Å²) >= 11 is 0. The molecule has 1 atom stereocenters. The van der Waals surface area contributed by atoms with Crippen molar-refractivity contribution in [2.24, 2.45) is 0 Å². The first-order valence-corrected chi connectivity index (χ1v) is 4.34. The maximum Gasteiger partial charge on any atom is 0.139 e. The summed E-state index contributed by atoms with van der Waals surface area (Å²) in [6.07, 6.45) is 2.23. The fraction of sp³-hybridized carbons (Fsp3) is 0.667. The van der Waals surface area contributed by atoms with Gasteiger partial charge in [-0.3, -0.25) is 0 Å². The Morgan fingerprint density at radius 2 is 2.42 bits per heavy atom. The lowest BCUT2D eigenvalue weighted by Gasteiger charge is -2.02. The SMILES string of the molecule is CCCC(C)c1cc(CO)no1. The fourth-order valence-corrected chi connectivity index (χ4v) is 1.21. The van der Waals surface area contributed by atoms with Gasteiger partial charge in [-0.05, 0) is 6.42 Å². The molecule has 0 amide bonds. The number of aliphatic hydroxyl groups excluding tert-OH is 1. The minimum atomic E-state index is -0.0393. The Morgan fingerprint density at radius 3 is 2.92 bits per heavy atom. The highest BCUT2D eigenvalue weighted by molar-refractivity contribution is 5.08. The first-order valence-electron chi connectivity index (χ1n) is 4.34. The van der Waals surface area contributed by atoms with Crippen molar-refractivity contribution in [1.82, 2.24) is 5.16 Å². The maximum atomic E-state index is 8.74. The Labute approximate surface area is 72.4 Å². The zero-order valence-corrected chi connectivity index (χ0v) is 7.58. The maximum absolute atomic E-state index is 8.74. The molecule has 0 aliphatic rings. The van der Waals surface area contributed by atoms with E-state index in [0.717, 1.165) is 18.6 Å². The lowest BCUT2D eigenvalue weighted by Crippen LogP contribution is -1.89. The predicted octanol–water partition coefficient (Wildman–Crippen LogP) is 2.07. The quantitative estimate of drug-likeness (QED) is 0.750. The molecular weight excluding hydrogens is 154 g/mol. The number of nitrogens with zero attached hydrogens (tertiary/aromatic N) is 1. The Hall–Kier alpha value is -0.830. The van der Waals surface area contributed by atoms with Crippen molar-refractivity contribution < 1.29 is 9.63 Å². The van der Waals surface area contributed by atoms with Gasteiger partial charge in [-0.1, -0.05) is 25.4 Å². The Bertz CT molecular complexity index is 232. The molecule has 0 aliphatic heterocycles. The average molecular weight is 169 g/mol. The van der Waals surface area contributed by atoms with E-state index in [0.29, 0.717) is 11.6 Å². The second-order valence-corrected chi connectivity index (χ2v) is 3.07. The van der Waals surface area contributed by atoms with E-state index >= 15 is 0 Å². The number of aliphatic hydroxyl groups is 1. The second-order valence-electron chi connectivity index (χ2n) is 3.07. The van der Waals surface area contributed by atoms with Crippen LogP contribution in [0.5, 0.6) is 0 Å². The third-order valence-corrected chi connectivity index (χ3v) is 1.95. The van der Waals surface area contributed by atoms with Crippen molar-refractivity contribution in [3.05, 3.63) is 17.5 Å². The summed E-state index contributed by atoms with van der Waals surface area (Å²) in [7, 11) is 0. The van der Waals surface area contributed by atoms with Crippen molar-refractivity contribution in [2.75, 3.05) is 0 Å². The lowest BCUT2D eigenvalue weighted by molar-refractivity contribution is 0.264. The van der Waals surface area contributed by atoms with Crippen LogP contribution in [0.25, 0.3) is 0 Å². The molecule has 0 spiro atoms. The summed E-state index contributed by atoms with van der Waals surface area (Å²) < 4.78 is 5.06. The lowest BCUT2D eigenvalue weighted by atomic mass is 10.0. The van der Waals surface area contributed by atoms with E-state index in [9.17, 15) is 0 Å². The van der Waals surface area contributed by atoms with E-state index in [4.69, 9.17) is 9.63 Å². The van der Waals surface area contributed by atoms with Crippen LogP contribution in [-0.4, -0.2) is 10.3 Å². The summed E-state index contributed by atoms with van der Waals surface area (Å²) in [5, 5.41) is 12.5. The van der Waals surface area contributed by atoms with Gasteiger partial charge in [-0.25, -0.2) is 0 Å². The van der Waals surface area contributed by atoms with Gasteiger partial charge in [-0.2, -0.15) is 0 Å². The molecule has 1 rings (SSSR count). The van der Waals surface area contributed by atoms with Gasteiger partial charge in [0.15, 0.2) is 0 Å². The molecule has 12 heavy (non-hydrogen) atoms. The highest BCUT2D eigenvalue weighted by atomic mass is 16.5. The Kier molecular flexibility index (Phi) is 3.29. The molecule has 0 saturated heterocycles. The highest BCUT2D eigenvalue weighted by Crippen LogP contribution is 2.20. The number of hydrogen-bond acceptors (Lipinski definition) is 3. The van der Waals surface area contributed by atoms with Crippen LogP contribution in [0.2, 0.25) is 0 Å². The van der Waals surface area contributed by atoms with Gasteiger partial charge in [0.25, 0.3) is 0 Å². The number of rotatable bonds is 4. The monoisotopic (exact) mass is 169 g/mol. The molecule has 0 saturated carbocycles. The summed E-state index contributed by atoms with van der Waals surface area (Å²) in [4.78, 5) is 0. The normalized spacial score (nSPS) is 13.2. The number of hydrogen-bond donors (Lipinski definition) is 1. The van der Waals surface area contributed by atoms with Crippen molar-refractivity contribution in [2.45, 2.75) is 39.2 Å². The minimum absolute atomic E-state index is 0.0393. The molecule has 0 radical (unpaired) electrons. The molecule has 3 nitrogen and oxygen atoms in total. The van der Waals surface area contributed by atoms with Gasteiger partial charge >= 0.3 is 0 Å². The second kappa shape index (κ2) is 4.26.